The normalized spacial score (nSPS) is 13.7. The van der Waals surface area contributed by atoms with Crippen molar-refractivity contribution in [2.75, 3.05) is 18.4 Å². The van der Waals surface area contributed by atoms with Gasteiger partial charge in [0.15, 0.2) is 0 Å². The number of benzene rings is 1. The third-order valence-corrected chi connectivity index (χ3v) is 3.09. The maximum absolute atomic E-state index is 13.1. The Morgan fingerprint density at radius 3 is 2.37 bits per heavy atom. The Morgan fingerprint density at radius 1 is 1.26 bits per heavy atom. The molecule has 3 N–H and O–H groups in total. The number of alkyl halides is 3. The molecule has 0 bridgehead atoms. The number of rotatable bonds is 5. The average Bonchev–Trinajstić information content (AvgIpc) is 2.30. The van der Waals surface area contributed by atoms with Crippen molar-refractivity contribution in [3.63, 3.8) is 0 Å². The van der Waals surface area contributed by atoms with Crippen LogP contribution < -0.4 is 11.1 Å². The number of anilines is 1. The van der Waals surface area contributed by atoms with E-state index in [9.17, 15) is 17.6 Å². The van der Waals surface area contributed by atoms with Gasteiger partial charge in [0.25, 0.3) is 0 Å². The molecule has 0 saturated carbocycles. The van der Waals surface area contributed by atoms with Gasteiger partial charge in [-0.15, -0.1) is 0 Å². The van der Waals surface area contributed by atoms with Crippen LogP contribution in [0.4, 0.5) is 23.2 Å². The molecule has 1 aromatic carbocycles. The highest BCUT2D eigenvalue weighted by Gasteiger charge is 2.34. The first kappa shape index (κ1) is 15.8. The summed E-state index contributed by atoms with van der Waals surface area (Å²) in [6.45, 7) is 4.88. The van der Waals surface area contributed by atoms with E-state index in [2.05, 4.69) is 5.32 Å². The molecule has 19 heavy (non-hydrogen) atoms. The van der Waals surface area contributed by atoms with E-state index in [0.717, 1.165) is 12.1 Å². The van der Waals surface area contributed by atoms with Crippen molar-refractivity contribution in [3.05, 3.63) is 29.6 Å². The molecule has 6 heteroatoms. The highest BCUT2D eigenvalue weighted by molar-refractivity contribution is 5.47. The second-order valence-corrected chi connectivity index (χ2v) is 4.81. The van der Waals surface area contributed by atoms with Crippen LogP contribution in [0.1, 0.15) is 19.4 Å². The van der Waals surface area contributed by atoms with E-state index in [1.165, 1.54) is 6.07 Å². The maximum Gasteiger partial charge on any atom is 0.419 e. The molecule has 0 aliphatic carbocycles. The number of nitrogens with one attached hydrogen (secondary N) is 1. The number of hydrogen-bond acceptors (Lipinski definition) is 2. The van der Waals surface area contributed by atoms with Gasteiger partial charge in [0.2, 0.25) is 0 Å². The zero-order valence-corrected chi connectivity index (χ0v) is 10.9. The lowest BCUT2D eigenvalue weighted by Crippen LogP contribution is -2.27. The molecule has 0 amide bonds. The van der Waals surface area contributed by atoms with E-state index in [4.69, 9.17) is 5.73 Å². The highest BCUT2D eigenvalue weighted by Crippen LogP contribution is 2.33. The van der Waals surface area contributed by atoms with Gasteiger partial charge in [-0.2, -0.15) is 13.2 Å². The Balaban J connectivity index is 2.81. The smallest absolute Gasteiger partial charge is 0.385 e. The number of hydrogen-bond donors (Lipinski definition) is 2. The third-order valence-electron chi connectivity index (χ3n) is 3.09. The van der Waals surface area contributed by atoms with Gasteiger partial charge in [0.05, 0.1) is 5.56 Å². The molecule has 0 aliphatic heterocycles. The third kappa shape index (κ3) is 4.38. The van der Waals surface area contributed by atoms with Gasteiger partial charge in [-0.05, 0) is 36.6 Å². The number of nitrogens with two attached hydrogens (primary N) is 1. The van der Waals surface area contributed by atoms with Gasteiger partial charge in [-0.25, -0.2) is 4.39 Å². The first-order chi connectivity index (χ1) is 8.75. The minimum atomic E-state index is -4.69. The zero-order valence-electron chi connectivity index (χ0n) is 10.9. The molecule has 108 valence electrons. The second-order valence-electron chi connectivity index (χ2n) is 4.81. The van der Waals surface area contributed by atoms with E-state index in [1.807, 2.05) is 13.8 Å². The Bertz CT molecular complexity index is 416. The van der Waals surface area contributed by atoms with Crippen molar-refractivity contribution in [1.82, 2.24) is 0 Å². The Hall–Kier alpha value is -1.30. The summed E-state index contributed by atoms with van der Waals surface area (Å²) in [5.41, 5.74) is 4.57. The van der Waals surface area contributed by atoms with Crippen molar-refractivity contribution in [2.24, 2.45) is 17.6 Å². The Morgan fingerprint density at radius 2 is 1.89 bits per heavy atom. The minimum Gasteiger partial charge on any atom is -0.385 e. The molecular formula is C13H18F4N2. The fraction of sp³-hybridized carbons (Fsp3) is 0.538. The largest absolute Gasteiger partial charge is 0.419 e. The molecule has 2 nitrogen and oxygen atoms in total. The summed E-state index contributed by atoms with van der Waals surface area (Å²) in [4.78, 5) is 0. The van der Waals surface area contributed by atoms with Crippen molar-refractivity contribution in [3.8, 4) is 0 Å². The summed E-state index contributed by atoms with van der Waals surface area (Å²) >= 11 is 0. The summed E-state index contributed by atoms with van der Waals surface area (Å²) in [7, 11) is 0. The SMILES string of the molecule is CC(C)C(CN)CNc1ccc(F)c(C(F)(F)F)c1. The van der Waals surface area contributed by atoms with E-state index in [1.54, 1.807) is 0 Å². The monoisotopic (exact) mass is 278 g/mol. The van der Waals surface area contributed by atoms with Crippen molar-refractivity contribution >= 4 is 5.69 Å². The molecule has 0 radical (unpaired) electrons. The summed E-state index contributed by atoms with van der Waals surface area (Å²) in [5.74, 6) is -0.795. The van der Waals surface area contributed by atoms with Gasteiger partial charge in [0, 0.05) is 12.2 Å². The van der Waals surface area contributed by atoms with Crippen molar-refractivity contribution in [2.45, 2.75) is 20.0 Å². The van der Waals surface area contributed by atoms with Crippen LogP contribution in [-0.2, 0) is 6.18 Å². The maximum atomic E-state index is 13.1. The van der Waals surface area contributed by atoms with Gasteiger partial charge >= 0.3 is 6.18 Å². The first-order valence-electron chi connectivity index (χ1n) is 6.06. The molecule has 0 spiro atoms. The van der Waals surface area contributed by atoms with E-state index in [-0.39, 0.29) is 11.6 Å². The quantitative estimate of drug-likeness (QED) is 0.809. The van der Waals surface area contributed by atoms with Crippen molar-refractivity contribution in [1.29, 1.82) is 0 Å². The molecule has 0 heterocycles. The molecule has 0 saturated heterocycles. The molecule has 1 rings (SSSR count). The topological polar surface area (TPSA) is 38.0 Å². The van der Waals surface area contributed by atoms with Gasteiger partial charge < -0.3 is 11.1 Å². The molecular weight excluding hydrogens is 260 g/mol. The van der Waals surface area contributed by atoms with Crippen LogP contribution in [0, 0.1) is 17.7 Å². The fourth-order valence-electron chi connectivity index (χ4n) is 1.69. The lowest BCUT2D eigenvalue weighted by molar-refractivity contribution is -0.139. The van der Waals surface area contributed by atoms with Crippen LogP contribution in [0.2, 0.25) is 0 Å². The van der Waals surface area contributed by atoms with Gasteiger partial charge in [-0.1, -0.05) is 13.8 Å². The highest BCUT2D eigenvalue weighted by atomic mass is 19.4. The molecule has 0 fully saturated rings. The van der Waals surface area contributed by atoms with E-state index in [0.29, 0.717) is 19.0 Å². The van der Waals surface area contributed by atoms with Crippen LogP contribution in [0.3, 0.4) is 0 Å². The Labute approximate surface area is 110 Å². The predicted molar refractivity (Wildman–Crippen MR) is 67.3 cm³/mol. The lowest BCUT2D eigenvalue weighted by atomic mass is 9.96. The lowest BCUT2D eigenvalue weighted by Gasteiger charge is -2.20. The first-order valence-corrected chi connectivity index (χ1v) is 6.06. The van der Waals surface area contributed by atoms with Crippen LogP contribution in [0.25, 0.3) is 0 Å². The minimum absolute atomic E-state index is 0.152. The molecule has 1 aromatic rings. The molecule has 1 unspecified atom stereocenters. The fourth-order valence-corrected chi connectivity index (χ4v) is 1.69. The van der Waals surface area contributed by atoms with E-state index >= 15 is 0 Å². The van der Waals surface area contributed by atoms with Crippen LogP contribution in [-0.4, -0.2) is 13.1 Å². The second kappa shape index (κ2) is 6.23. The molecule has 0 aliphatic rings. The zero-order chi connectivity index (χ0) is 14.6. The van der Waals surface area contributed by atoms with Crippen LogP contribution in [0.15, 0.2) is 18.2 Å². The predicted octanol–water partition coefficient (Wildman–Crippen LogP) is 3.49. The summed E-state index contributed by atoms with van der Waals surface area (Å²) in [5, 5.41) is 2.87. The van der Waals surface area contributed by atoms with Gasteiger partial charge in [-0.3, -0.25) is 0 Å². The summed E-state index contributed by atoms with van der Waals surface area (Å²) in [6.07, 6.45) is -4.69. The van der Waals surface area contributed by atoms with Crippen LogP contribution >= 0.6 is 0 Å². The summed E-state index contributed by atoms with van der Waals surface area (Å²) in [6, 6.07) is 2.89. The van der Waals surface area contributed by atoms with Crippen molar-refractivity contribution < 1.29 is 17.6 Å². The standard InChI is InChI=1S/C13H18F4N2/c1-8(2)9(6-18)7-19-10-3-4-12(14)11(5-10)13(15,16)17/h3-5,8-9,19H,6-7,18H2,1-2H3. The number of halogens is 4. The Kier molecular flexibility index (Phi) is 5.17. The molecule has 0 aromatic heterocycles. The van der Waals surface area contributed by atoms with Gasteiger partial charge in [0.1, 0.15) is 5.82 Å². The summed E-state index contributed by atoms with van der Waals surface area (Å²) < 4.78 is 50.7. The average molecular weight is 278 g/mol. The molecule has 1 atom stereocenters. The van der Waals surface area contributed by atoms with Crippen LogP contribution in [0.5, 0.6) is 0 Å². The van der Waals surface area contributed by atoms with E-state index < -0.39 is 17.6 Å².